The maximum absolute atomic E-state index is 5.31. The second-order valence-corrected chi connectivity index (χ2v) is 7.80. The topological polar surface area (TPSA) is 9.23 Å². The summed E-state index contributed by atoms with van der Waals surface area (Å²) in [4.78, 5) is 0. The Balaban J connectivity index is 1.92. The van der Waals surface area contributed by atoms with Crippen molar-refractivity contribution in [3.8, 4) is 5.75 Å². The van der Waals surface area contributed by atoms with Crippen molar-refractivity contribution in [2.75, 3.05) is 7.11 Å². The van der Waals surface area contributed by atoms with Crippen LogP contribution in [0.4, 0.5) is 0 Å². The van der Waals surface area contributed by atoms with Gasteiger partial charge in [0.2, 0.25) is 0 Å². The summed E-state index contributed by atoms with van der Waals surface area (Å²) < 4.78 is 6.52. The number of rotatable bonds is 15. The lowest BCUT2D eigenvalue weighted by atomic mass is 10.0. The Hall–Kier alpha value is -0.500. The van der Waals surface area contributed by atoms with E-state index in [9.17, 15) is 0 Å². The standard InChI is InChI=1S/C22H37BrO/c1-3-4-5-6-7-8-9-10-11-12-13-14-15-16-20-19-21(24-2)17-18-22(20)23/h17-19H,3-16H2,1-2H3. The number of unbranched alkanes of at least 4 members (excludes halogenated alkanes) is 12. The summed E-state index contributed by atoms with van der Waals surface area (Å²) in [5.41, 5.74) is 1.37. The first kappa shape index (κ1) is 21.5. The SMILES string of the molecule is CCCCCCCCCCCCCCCc1cc(OC)ccc1Br. The lowest BCUT2D eigenvalue weighted by Crippen LogP contribution is -1.90. The van der Waals surface area contributed by atoms with Crippen LogP contribution in [0.1, 0.15) is 96.0 Å². The molecule has 138 valence electrons. The molecule has 0 amide bonds. The first-order valence-electron chi connectivity index (χ1n) is 10.1. The number of benzene rings is 1. The second-order valence-electron chi connectivity index (χ2n) is 6.95. The highest BCUT2D eigenvalue weighted by molar-refractivity contribution is 9.10. The average molecular weight is 397 g/mol. The van der Waals surface area contributed by atoms with E-state index >= 15 is 0 Å². The van der Waals surface area contributed by atoms with Crippen LogP contribution in [-0.4, -0.2) is 7.11 Å². The fraction of sp³-hybridized carbons (Fsp3) is 0.727. The molecule has 2 heteroatoms. The van der Waals surface area contributed by atoms with Crippen LogP contribution >= 0.6 is 15.9 Å². The Kier molecular flexibility index (Phi) is 13.3. The van der Waals surface area contributed by atoms with Gasteiger partial charge in [0.15, 0.2) is 0 Å². The summed E-state index contributed by atoms with van der Waals surface area (Å²) in [6, 6.07) is 6.26. The van der Waals surface area contributed by atoms with Gasteiger partial charge in [-0.25, -0.2) is 0 Å². The lowest BCUT2D eigenvalue weighted by molar-refractivity contribution is 0.414. The molecule has 0 N–H and O–H groups in total. The molecule has 0 saturated heterocycles. The highest BCUT2D eigenvalue weighted by Gasteiger charge is 2.02. The van der Waals surface area contributed by atoms with Crippen molar-refractivity contribution in [2.45, 2.75) is 96.8 Å². The van der Waals surface area contributed by atoms with Crippen LogP contribution in [0.15, 0.2) is 22.7 Å². The summed E-state index contributed by atoms with van der Waals surface area (Å²) in [5, 5.41) is 0. The molecule has 1 nitrogen and oxygen atoms in total. The quantitative estimate of drug-likeness (QED) is 0.272. The minimum absolute atomic E-state index is 0.961. The number of aryl methyl sites for hydroxylation is 1. The molecule has 0 atom stereocenters. The molecule has 1 rings (SSSR count). The third kappa shape index (κ3) is 10.4. The Morgan fingerprint density at radius 2 is 1.25 bits per heavy atom. The van der Waals surface area contributed by atoms with Crippen molar-refractivity contribution in [1.29, 1.82) is 0 Å². The Morgan fingerprint density at radius 1 is 0.750 bits per heavy atom. The van der Waals surface area contributed by atoms with E-state index in [2.05, 4.69) is 35.0 Å². The van der Waals surface area contributed by atoms with Crippen molar-refractivity contribution in [3.05, 3.63) is 28.2 Å². The molecule has 0 bridgehead atoms. The molecule has 0 fully saturated rings. The van der Waals surface area contributed by atoms with Gasteiger partial charge in [0.1, 0.15) is 5.75 Å². The van der Waals surface area contributed by atoms with Gasteiger partial charge in [-0.15, -0.1) is 0 Å². The van der Waals surface area contributed by atoms with E-state index in [-0.39, 0.29) is 0 Å². The number of methoxy groups -OCH3 is 1. The van der Waals surface area contributed by atoms with Crippen molar-refractivity contribution in [2.24, 2.45) is 0 Å². The van der Waals surface area contributed by atoms with Crippen molar-refractivity contribution < 1.29 is 4.74 Å². The summed E-state index contributed by atoms with van der Waals surface area (Å²) >= 11 is 3.64. The number of hydrogen-bond donors (Lipinski definition) is 0. The zero-order valence-corrected chi connectivity index (χ0v) is 17.5. The van der Waals surface area contributed by atoms with Gasteiger partial charge in [-0.3, -0.25) is 0 Å². The van der Waals surface area contributed by atoms with Crippen LogP contribution in [0, 0.1) is 0 Å². The largest absolute Gasteiger partial charge is 0.497 e. The van der Waals surface area contributed by atoms with E-state index in [4.69, 9.17) is 4.74 Å². The number of halogens is 1. The number of hydrogen-bond acceptors (Lipinski definition) is 1. The molecule has 0 aliphatic carbocycles. The summed E-state index contributed by atoms with van der Waals surface area (Å²) in [7, 11) is 1.73. The molecule has 0 heterocycles. The zero-order chi connectivity index (χ0) is 17.5. The molecule has 0 aliphatic heterocycles. The normalized spacial score (nSPS) is 11.0. The van der Waals surface area contributed by atoms with Crippen molar-refractivity contribution >= 4 is 15.9 Å². The second kappa shape index (κ2) is 14.8. The monoisotopic (exact) mass is 396 g/mol. The summed E-state index contributed by atoms with van der Waals surface area (Å²) in [6.07, 6.45) is 19.5. The minimum Gasteiger partial charge on any atom is -0.497 e. The van der Waals surface area contributed by atoms with Gasteiger partial charge < -0.3 is 4.74 Å². The minimum atomic E-state index is 0.961. The van der Waals surface area contributed by atoms with Gasteiger partial charge in [-0.1, -0.05) is 99.9 Å². The third-order valence-electron chi connectivity index (χ3n) is 4.80. The fourth-order valence-electron chi connectivity index (χ4n) is 3.20. The number of ether oxygens (including phenoxy) is 1. The molecule has 0 aromatic heterocycles. The third-order valence-corrected chi connectivity index (χ3v) is 5.58. The molecule has 0 unspecified atom stereocenters. The molecule has 0 aliphatic rings. The van der Waals surface area contributed by atoms with Crippen LogP contribution < -0.4 is 4.74 Å². The van der Waals surface area contributed by atoms with Crippen LogP contribution in [0.2, 0.25) is 0 Å². The molecule has 1 aromatic rings. The van der Waals surface area contributed by atoms with Gasteiger partial charge >= 0.3 is 0 Å². The van der Waals surface area contributed by atoms with Crippen LogP contribution in [-0.2, 0) is 6.42 Å². The van der Waals surface area contributed by atoms with Crippen LogP contribution in [0.3, 0.4) is 0 Å². The van der Waals surface area contributed by atoms with Gasteiger partial charge in [0.05, 0.1) is 7.11 Å². The van der Waals surface area contributed by atoms with E-state index in [0.29, 0.717) is 0 Å². The van der Waals surface area contributed by atoms with E-state index < -0.39 is 0 Å². The lowest BCUT2D eigenvalue weighted by Gasteiger charge is -2.07. The fourth-order valence-corrected chi connectivity index (χ4v) is 3.65. The van der Waals surface area contributed by atoms with Gasteiger partial charge in [0, 0.05) is 4.47 Å². The van der Waals surface area contributed by atoms with Crippen LogP contribution in [0.25, 0.3) is 0 Å². The molecule has 0 radical (unpaired) electrons. The highest BCUT2D eigenvalue weighted by atomic mass is 79.9. The Bertz CT molecular complexity index is 416. The van der Waals surface area contributed by atoms with Crippen molar-refractivity contribution in [1.82, 2.24) is 0 Å². The molecular weight excluding hydrogens is 360 g/mol. The smallest absolute Gasteiger partial charge is 0.119 e. The van der Waals surface area contributed by atoms with E-state index in [0.717, 1.165) is 12.2 Å². The highest BCUT2D eigenvalue weighted by Crippen LogP contribution is 2.24. The predicted octanol–water partition coefficient (Wildman–Crippen LogP) is 8.09. The maximum atomic E-state index is 5.31. The first-order chi connectivity index (χ1) is 11.8. The van der Waals surface area contributed by atoms with E-state index in [1.165, 1.54) is 93.5 Å². The first-order valence-corrected chi connectivity index (χ1v) is 10.9. The molecule has 0 saturated carbocycles. The zero-order valence-electron chi connectivity index (χ0n) is 15.9. The molecule has 1 aromatic carbocycles. The Labute approximate surface area is 158 Å². The Morgan fingerprint density at radius 3 is 1.75 bits per heavy atom. The predicted molar refractivity (Wildman–Crippen MR) is 110 cm³/mol. The molecule has 0 spiro atoms. The van der Waals surface area contributed by atoms with E-state index in [1.807, 2.05) is 6.07 Å². The van der Waals surface area contributed by atoms with Crippen molar-refractivity contribution in [3.63, 3.8) is 0 Å². The molecular formula is C22H37BrO. The van der Waals surface area contributed by atoms with Gasteiger partial charge in [-0.2, -0.15) is 0 Å². The van der Waals surface area contributed by atoms with E-state index in [1.54, 1.807) is 7.11 Å². The molecule has 24 heavy (non-hydrogen) atoms. The van der Waals surface area contributed by atoms with Gasteiger partial charge in [0.25, 0.3) is 0 Å². The summed E-state index contributed by atoms with van der Waals surface area (Å²) in [5.74, 6) is 0.961. The van der Waals surface area contributed by atoms with Gasteiger partial charge in [-0.05, 0) is 36.6 Å². The van der Waals surface area contributed by atoms with Crippen LogP contribution in [0.5, 0.6) is 5.75 Å². The maximum Gasteiger partial charge on any atom is 0.119 e. The average Bonchev–Trinajstić information content (AvgIpc) is 2.60. The summed E-state index contributed by atoms with van der Waals surface area (Å²) in [6.45, 7) is 2.29.